The highest BCUT2D eigenvalue weighted by molar-refractivity contribution is 5.79. The third-order valence-electron chi connectivity index (χ3n) is 5.11. The van der Waals surface area contributed by atoms with Crippen molar-refractivity contribution in [2.24, 2.45) is 4.99 Å². The minimum absolute atomic E-state index is 0.0178. The Labute approximate surface area is 171 Å². The topological polar surface area (TPSA) is 54.9 Å². The predicted molar refractivity (Wildman–Crippen MR) is 113 cm³/mol. The maximum Gasteiger partial charge on any atom is 0.191 e. The van der Waals surface area contributed by atoms with Gasteiger partial charge in [-0.3, -0.25) is 4.99 Å². The van der Waals surface area contributed by atoms with E-state index < -0.39 is 0 Å². The molecule has 0 atom stereocenters. The number of guanidine groups is 1. The summed E-state index contributed by atoms with van der Waals surface area (Å²) in [6.07, 6.45) is 7.35. The van der Waals surface area contributed by atoms with Crippen LogP contribution in [0.3, 0.4) is 0 Å². The Bertz CT molecular complexity index is 917. The number of terminal acetylenes is 1. The number of nitrogens with one attached hydrogen (secondary N) is 2. The van der Waals surface area contributed by atoms with Crippen LogP contribution in [0.4, 0.5) is 4.39 Å². The van der Waals surface area contributed by atoms with E-state index in [0.717, 1.165) is 24.0 Å². The van der Waals surface area contributed by atoms with Gasteiger partial charge in [0.05, 0.1) is 7.11 Å². The minimum Gasteiger partial charge on any atom is -0.493 e. The van der Waals surface area contributed by atoms with Gasteiger partial charge in [-0.05, 0) is 48.2 Å². The molecule has 1 fully saturated rings. The first-order chi connectivity index (χ1) is 14.1. The first-order valence-electron chi connectivity index (χ1n) is 9.54. The largest absolute Gasteiger partial charge is 0.493 e. The number of ether oxygens (including phenoxy) is 2. The van der Waals surface area contributed by atoms with Crippen molar-refractivity contribution < 1.29 is 13.9 Å². The molecule has 0 bridgehead atoms. The van der Waals surface area contributed by atoms with Crippen molar-refractivity contribution in [2.45, 2.75) is 24.8 Å². The second kappa shape index (κ2) is 9.33. The number of halogens is 1. The van der Waals surface area contributed by atoms with Gasteiger partial charge in [0.15, 0.2) is 17.5 Å². The molecule has 2 aromatic carbocycles. The zero-order valence-electron chi connectivity index (χ0n) is 16.8. The number of benzene rings is 2. The fourth-order valence-corrected chi connectivity index (χ4v) is 3.26. The van der Waals surface area contributed by atoms with Crippen molar-refractivity contribution in [3.63, 3.8) is 0 Å². The Hall–Kier alpha value is -3.20. The summed E-state index contributed by atoms with van der Waals surface area (Å²) in [5.74, 6) is 4.19. The molecule has 152 valence electrons. The number of aliphatic imine (C=N–C) groups is 1. The van der Waals surface area contributed by atoms with E-state index in [1.807, 2.05) is 24.3 Å². The summed E-state index contributed by atoms with van der Waals surface area (Å²) in [6, 6.07) is 12.6. The highest BCUT2D eigenvalue weighted by Gasteiger charge is 2.44. The van der Waals surface area contributed by atoms with Crippen LogP contribution in [-0.4, -0.2) is 33.3 Å². The second-order valence-corrected chi connectivity index (χ2v) is 7.05. The van der Waals surface area contributed by atoms with E-state index in [1.165, 1.54) is 6.07 Å². The molecule has 3 rings (SSSR count). The molecule has 0 aliphatic heterocycles. The molecular weight excluding hydrogens is 369 g/mol. The molecule has 1 aliphatic carbocycles. The molecule has 29 heavy (non-hydrogen) atoms. The summed E-state index contributed by atoms with van der Waals surface area (Å²) in [4.78, 5) is 4.29. The van der Waals surface area contributed by atoms with Gasteiger partial charge in [0.25, 0.3) is 0 Å². The molecule has 0 aromatic heterocycles. The van der Waals surface area contributed by atoms with Gasteiger partial charge in [0.1, 0.15) is 12.4 Å². The second-order valence-electron chi connectivity index (χ2n) is 7.05. The van der Waals surface area contributed by atoms with Crippen LogP contribution >= 0.6 is 0 Å². The molecule has 0 radical (unpaired) electrons. The van der Waals surface area contributed by atoms with Crippen LogP contribution in [0.25, 0.3) is 0 Å². The monoisotopic (exact) mass is 395 g/mol. The summed E-state index contributed by atoms with van der Waals surface area (Å²) in [5, 5.41) is 6.66. The van der Waals surface area contributed by atoms with Crippen molar-refractivity contribution in [3.05, 3.63) is 59.4 Å². The first kappa shape index (κ1) is 20.5. The van der Waals surface area contributed by atoms with Gasteiger partial charge >= 0.3 is 0 Å². The van der Waals surface area contributed by atoms with Gasteiger partial charge in [-0.1, -0.05) is 24.1 Å². The zero-order valence-corrected chi connectivity index (χ0v) is 16.8. The molecule has 0 spiro atoms. The summed E-state index contributed by atoms with van der Waals surface area (Å²) < 4.78 is 24.4. The summed E-state index contributed by atoms with van der Waals surface area (Å²) >= 11 is 0. The summed E-state index contributed by atoms with van der Waals surface area (Å²) in [5.41, 5.74) is 2.02. The standard InChI is InChI=1S/C23H26FN3O2/c1-4-12-29-21-13-17(8-9-20(21)28-3)15-26-22(25-2)27-16-23(10-11-23)18-6-5-7-19(24)14-18/h1,5-9,13-14H,10-12,15-16H2,2-3H3,(H2,25,26,27). The van der Waals surface area contributed by atoms with Crippen LogP contribution in [-0.2, 0) is 12.0 Å². The quantitative estimate of drug-likeness (QED) is 0.409. The lowest BCUT2D eigenvalue weighted by Gasteiger charge is -2.19. The van der Waals surface area contributed by atoms with Crippen LogP contribution in [0.15, 0.2) is 47.5 Å². The fraction of sp³-hybridized carbons (Fsp3) is 0.348. The van der Waals surface area contributed by atoms with E-state index >= 15 is 0 Å². The Morgan fingerprint density at radius 1 is 1.21 bits per heavy atom. The third-order valence-corrected chi connectivity index (χ3v) is 5.11. The van der Waals surface area contributed by atoms with E-state index in [-0.39, 0.29) is 17.8 Å². The van der Waals surface area contributed by atoms with Gasteiger partial charge < -0.3 is 20.1 Å². The zero-order chi connectivity index (χ0) is 20.7. The molecule has 0 amide bonds. The van der Waals surface area contributed by atoms with Crippen molar-refractivity contribution in [3.8, 4) is 23.8 Å². The van der Waals surface area contributed by atoms with E-state index in [2.05, 4.69) is 21.5 Å². The highest BCUT2D eigenvalue weighted by Crippen LogP contribution is 2.47. The smallest absolute Gasteiger partial charge is 0.191 e. The van der Waals surface area contributed by atoms with Crippen LogP contribution in [0.2, 0.25) is 0 Å². The lowest BCUT2D eigenvalue weighted by Crippen LogP contribution is -2.40. The van der Waals surface area contributed by atoms with Crippen molar-refractivity contribution >= 4 is 5.96 Å². The number of rotatable bonds is 8. The SMILES string of the molecule is C#CCOc1cc(CNC(=NC)NCC2(c3cccc(F)c3)CC2)ccc1OC. The van der Waals surface area contributed by atoms with Gasteiger partial charge in [-0.2, -0.15) is 0 Å². The summed E-state index contributed by atoms with van der Waals surface area (Å²) in [7, 11) is 3.32. The molecular formula is C23H26FN3O2. The Balaban J connectivity index is 1.58. The van der Waals surface area contributed by atoms with Crippen LogP contribution < -0.4 is 20.1 Å². The number of hydrogen-bond donors (Lipinski definition) is 2. The minimum atomic E-state index is -0.196. The van der Waals surface area contributed by atoms with E-state index in [0.29, 0.717) is 30.5 Å². The van der Waals surface area contributed by atoms with Gasteiger partial charge in [0, 0.05) is 25.6 Å². The third kappa shape index (κ3) is 5.20. The Kier molecular flexibility index (Phi) is 6.61. The van der Waals surface area contributed by atoms with E-state index in [4.69, 9.17) is 15.9 Å². The first-order valence-corrected chi connectivity index (χ1v) is 9.54. The number of hydrogen-bond acceptors (Lipinski definition) is 3. The number of methoxy groups -OCH3 is 1. The van der Waals surface area contributed by atoms with Gasteiger partial charge in [-0.25, -0.2) is 4.39 Å². The van der Waals surface area contributed by atoms with Crippen LogP contribution in [0.5, 0.6) is 11.5 Å². The lowest BCUT2D eigenvalue weighted by molar-refractivity contribution is 0.330. The van der Waals surface area contributed by atoms with Crippen molar-refractivity contribution in [2.75, 3.05) is 27.3 Å². The normalized spacial score (nSPS) is 14.6. The maximum atomic E-state index is 13.6. The molecule has 0 saturated heterocycles. The molecule has 2 aromatic rings. The molecule has 1 aliphatic rings. The van der Waals surface area contributed by atoms with E-state index in [9.17, 15) is 4.39 Å². The van der Waals surface area contributed by atoms with Crippen LogP contribution in [0, 0.1) is 18.2 Å². The average Bonchev–Trinajstić information content (AvgIpc) is 3.53. The molecule has 2 N–H and O–H groups in total. The number of nitrogens with zero attached hydrogens (tertiary/aromatic N) is 1. The van der Waals surface area contributed by atoms with Crippen molar-refractivity contribution in [1.29, 1.82) is 0 Å². The molecule has 0 unspecified atom stereocenters. The molecule has 1 saturated carbocycles. The fourth-order valence-electron chi connectivity index (χ4n) is 3.26. The lowest BCUT2D eigenvalue weighted by atomic mass is 9.96. The Morgan fingerprint density at radius 3 is 2.69 bits per heavy atom. The van der Waals surface area contributed by atoms with Crippen molar-refractivity contribution in [1.82, 2.24) is 10.6 Å². The molecule has 6 heteroatoms. The summed E-state index contributed by atoms with van der Waals surface area (Å²) in [6.45, 7) is 1.44. The van der Waals surface area contributed by atoms with Gasteiger partial charge in [0.2, 0.25) is 0 Å². The van der Waals surface area contributed by atoms with Crippen LogP contribution in [0.1, 0.15) is 24.0 Å². The van der Waals surface area contributed by atoms with Gasteiger partial charge in [-0.15, -0.1) is 6.42 Å². The Morgan fingerprint density at radius 2 is 2.03 bits per heavy atom. The highest BCUT2D eigenvalue weighted by atomic mass is 19.1. The molecule has 0 heterocycles. The maximum absolute atomic E-state index is 13.6. The molecule has 5 nitrogen and oxygen atoms in total. The van der Waals surface area contributed by atoms with E-state index in [1.54, 1.807) is 26.3 Å². The average molecular weight is 395 g/mol. The predicted octanol–water partition coefficient (Wildman–Crippen LogP) is 3.24.